The molecule has 0 unspecified atom stereocenters. The summed E-state index contributed by atoms with van der Waals surface area (Å²) in [5.74, 6) is 1.14. The second-order valence-corrected chi connectivity index (χ2v) is 7.57. The van der Waals surface area contributed by atoms with E-state index < -0.39 is 0 Å². The highest BCUT2D eigenvalue weighted by atomic mass is 16.5. The molecule has 0 saturated heterocycles. The van der Waals surface area contributed by atoms with Gasteiger partial charge in [0.15, 0.2) is 6.61 Å². The van der Waals surface area contributed by atoms with Gasteiger partial charge >= 0.3 is 0 Å². The number of nitrogens with zero attached hydrogens (tertiary/aromatic N) is 1. The van der Waals surface area contributed by atoms with Gasteiger partial charge in [-0.15, -0.1) is 0 Å². The van der Waals surface area contributed by atoms with Crippen LogP contribution in [0, 0.1) is 0 Å². The van der Waals surface area contributed by atoms with Gasteiger partial charge in [0, 0.05) is 24.3 Å². The largest absolute Gasteiger partial charge is 0.494 e. The number of carbonyl (C=O) groups is 2. The van der Waals surface area contributed by atoms with Crippen molar-refractivity contribution in [3.63, 3.8) is 0 Å². The van der Waals surface area contributed by atoms with Crippen molar-refractivity contribution in [3.05, 3.63) is 89.5 Å². The molecule has 4 rings (SSSR count). The Morgan fingerprint density at radius 2 is 1.62 bits per heavy atom. The third-order valence-corrected chi connectivity index (χ3v) is 5.31. The Morgan fingerprint density at radius 3 is 2.34 bits per heavy atom. The van der Waals surface area contributed by atoms with Crippen LogP contribution >= 0.6 is 0 Å². The molecular weight excluding hydrogens is 404 g/mol. The lowest BCUT2D eigenvalue weighted by atomic mass is 9.98. The van der Waals surface area contributed by atoms with Crippen LogP contribution in [0.25, 0.3) is 0 Å². The Balaban J connectivity index is 1.34. The summed E-state index contributed by atoms with van der Waals surface area (Å²) in [6, 6.07) is 22.3. The number of benzene rings is 3. The van der Waals surface area contributed by atoms with Crippen LogP contribution in [0.15, 0.2) is 72.8 Å². The van der Waals surface area contributed by atoms with Crippen molar-refractivity contribution in [3.8, 4) is 11.5 Å². The molecule has 6 heteroatoms. The SMILES string of the molecule is CCOc1ccc(OCC(=O)Nc2ccc3c(c2)CN(C(=O)c2ccccc2)CC3)cc1. The molecule has 0 spiro atoms. The fourth-order valence-corrected chi connectivity index (χ4v) is 3.72. The van der Waals surface area contributed by atoms with Crippen LogP contribution in [0.2, 0.25) is 0 Å². The molecule has 3 aromatic carbocycles. The normalized spacial score (nSPS) is 12.6. The van der Waals surface area contributed by atoms with Crippen LogP contribution in [0.5, 0.6) is 11.5 Å². The van der Waals surface area contributed by atoms with Gasteiger partial charge in [0.2, 0.25) is 0 Å². The average molecular weight is 431 g/mol. The molecule has 1 N–H and O–H groups in total. The number of hydrogen-bond donors (Lipinski definition) is 1. The van der Waals surface area contributed by atoms with Gasteiger partial charge in [-0.25, -0.2) is 0 Å². The molecule has 0 bridgehead atoms. The lowest BCUT2D eigenvalue weighted by Gasteiger charge is -2.29. The number of amides is 2. The van der Waals surface area contributed by atoms with E-state index in [2.05, 4.69) is 5.32 Å². The van der Waals surface area contributed by atoms with Crippen LogP contribution in [-0.4, -0.2) is 36.5 Å². The fourth-order valence-electron chi connectivity index (χ4n) is 3.72. The molecule has 0 saturated carbocycles. The molecule has 1 aliphatic rings. The predicted molar refractivity (Wildman–Crippen MR) is 123 cm³/mol. The van der Waals surface area contributed by atoms with Crippen molar-refractivity contribution >= 4 is 17.5 Å². The zero-order chi connectivity index (χ0) is 22.3. The summed E-state index contributed by atoms with van der Waals surface area (Å²) in [6.45, 7) is 3.64. The Morgan fingerprint density at radius 1 is 0.906 bits per heavy atom. The molecule has 164 valence electrons. The van der Waals surface area contributed by atoms with Crippen LogP contribution in [0.4, 0.5) is 5.69 Å². The van der Waals surface area contributed by atoms with Crippen molar-refractivity contribution in [2.24, 2.45) is 0 Å². The zero-order valence-electron chi connectivity index (χ0n) is 18.0. The number of nitrogens with one attached hydrogen (secondary N) is 1. The van der Waals surface area contributed by atoms with E-state index in [0.29, 0.717) is 36.7 Å². The Hall–Kier alpha value is -3.80. The van der Waals surface area contributed by atoms with Crippen molar-refractivity contribution in [2.45, 2.75) is 19.9 Å². The van der Waals surface area contributed by atoms with Crippen molar-refractivity contribution < 1.29 is 19.1 Å². The van der Waals surface area contributed by atoms with Gasteiger partial charge in [0.05, 0.1) is 6.61 Å². The number of anilines is 1. The quantitative estimate of drug-likeness (QED) is 0.607. The topological polar surface area (TPSA) is 67.9 Å². The van der Waals surface area contributed by atoms with E-state index in [1.54, 1.807) is 12.1 Å². The highest BCUT2D eigenvalue weighted by molar-refractivity contribution is 5.94. The molecular formula is C26H26N2O4. The summed E-state index contributed by atoms with van der Waals surface area (Å²) in [5, 5.41) is 2.88. The van der Waals surface area contributed by atoms with E-state index in [1.807, 2.05) is 72.5 Å². The number of hydrogen-bond acceptors (Lipinski definition) is 4. The summed E-state index contributed by atoms with van der Waals surface area (Å²) in [4.78, 5) is 27.0. The van der Waals surface area contributed by atoms with Gasteiger partial charge in [-0.3, -0.25) is 9.59 Å². The first-order valence-corrected chi connectivity index (χ1v) is 10.7. The Labute approximate surface area is 187 Å². The molecule has 0 fully saturated rings. The van der Waals surface area contributed by atoms with E-state index in [1.165, 1.54) is 5.56 Å². The molecule has 2 amide bonds. The van der Waals surface area contributed by atoms with E-state index in [4.69, 9.17) is 9.47 Å². The van der Waals surface area contributed by atoms with E-state index in [0.717, 1.165) is 17.7 Å². The minimum Gasteiger partial charge on any atom is -0.494 e. The lowest BCUT2D eigenvalue weighted by Crippen LogP contribution is -2.36. The van der Waals surface area contributed by atoms with Crippen molar-refractivity contribution in [1.29, 1.82) is 0 Å². The smallest absolute Gasteiger partial charge is 0.262 e. The summed E-state index contributed by atoms with van der Waals surface area (Å²) in [7, 11) is 0. The standard InChI is InChI=1S/C26H26N2O4/c1-2-31-23-10-12-24(13-11-23)32-18-25(29)27-22-9-8-19-14-15-28(17-21(19)16-22)26(30)20-6-4-3-5-7-20/h3-13,16H,2,14-15,17-18H2,1H3,(H,27,29). The Bertz CT molecular complexity index is 1080. The minimum absolute atomic E-state index is 0.0226. The first kappa shape index (κ1) is 21.4. The number of ether oxygens (including phenoxy) is 2. The van der Waals surface area contributed by atoms with Crippen molar-refractivity contribution in [2.75, 3.05) is 25.1 Å². The second-order valence-electron chi connectivity index (χ2n) is 7.57. The molecule has 0 aromatic heterocycles. The number of rotatable bonds is 7. The molecule has 0 aliphatic carbocycles. The molecule has 3 aromatic rings. The van der Waals surface area contributed by atoms with Gasteiger partial charge in [-0.05, 0) is 73.0 Å². The van der Waals surface area contributed by atoms with E-state index in [-0.39, 0.29) is 18.4 Å². The Kier molecular flexibility index (Phi) is 6.70. The summed E-state index contributed by atoms with van der Waals surface area (Å²) in [6.07, 6.45) is 0.795. The van der Waals surface area contributed by atoms with Gasteiger partial charge < -0.3 is 19.7 Å². The number of carbonyl (C=O) groups excluding carboxylic acids is 2. The van der Waals surface area contributed by atoms with Gasteiger partial charge in [0.1, 0.15) is 11.5 Å². The van der Waals surface area contributed by atoms with Crippen LogP contribution < -0.4 is 14.8 Å². The highest BCUT2D eigenvalue weighted by Gasteiger charge is 2.22. The monoisotopic (exact) mass is 430 g/mol. The molecule has 0 atom stereocenters. The summed E-state index contributed by atoms with van der Waals surface area (Å²) < 4.78 is 11.0. The van der Waals surface area contributed by atoms with Crippen molar-refractivity contribution in [1.82, 2.24) is 4.90 Å². The first-order valence-electron chi connectivity index (χ1n) is 10.7. The molecule has 1 aliphatic heterocycles. The average Bonchev–Trinajstić information content (AvgIpc) is 2.83. The second kappa shape index (κ2) is 10.0. The summed E-state index contributed by atoms with van der Waals surface area (Å²) >= 11 is 0. The predicted octanol–water partition coefficient (Wildman–Crippen LogP) is 4.30. The fraction of sp³-hybridized carbons (Fsp3) is 0.231. The first-order chi connectivity index (χ1) is 15.6. The molecule has 6 nitrogen and oxygen atoms in total. The minimum atomic E-state index is -0.244. The molecule has 0 radical (unpaired) electrons. The third kappa shape index (κ3) is 5.27. The van der Waals surface area contributed by atoms with Crippen LogP contribution in [-0.2, 0) is 17.8 Å². The van der Waals surface area contributed by atoms with Gasteiger partial charge in [-0.2, -0.15) is 0 Å². The highest BCUT2D eigenvalue weighted by Crippen LogP contribution is 2.24. The summed E-state index contributed by atoms with van der Waals surface area (Å²) in [5.41, 5.74) is 3.63. The maximum absolute atomic E-state index is 12.8. The lowest BCUT2D eigenvalue weighted by molar-refractivity contribution is -0.118. The van der Waals surface area contributed by atoms with Gasteiger partial charge in [-0.1, -0.05) is 24.3 Å². The maximum atomic E-state index is 12.8. The zero-order valence-corrected chi connectivity index (χ0v) is 18.0. The van der Waals surface area contributed by atoms with Crippen LogP contribution in [0.3, 0.4) is 0 Å². The van der Waals surface area contributed by atoms with E-state index in [9.17, 15) is 9.59 Å². The molecule has 1 heterocycles. The molecule has 32 heavy (non-hydrogen) atoms. The van der Waals surface area contributed by atoms with Crippen LogP contribution in [0.1, 0.15) is 28.4 Å². The third-order valence-electron chi connectivity index (χ3n) is 5.31. The van der Waals surface area contributed by atoms with E-state index >= 15 is 0 Å². The van der Waals surface area contributed by atoms with Gasteiger partial charge in [0.25, 0.3) is 11.8 Å². The number of fused-ring (bicyclic) bond motifs is 1. The maximum Gasteiger partial charge on any atom is 0.262 e.